The van der Waals surface area contributed by atoms with Gasteiger partial charge in [0.1, 0.15) is 17.7 Å². The summed E-state index contributed by atoms with van der Waals surface area (Å²) in [4.78, 5) is 20.0. The molecule has 1 N–H and O–H groups in total. The van der Waals surface area contributed by atoms with E-state index in [1.807, 2.05) is 4.90 Å². The molecule has 2 aromatic heterocycles. The maximum atomic E-state index is 15.7. The van der Waals surface area contributed by atoms with Crippen LogP contribution < -0.4 is 15.8 Å². The smallest absolute Gasteiger partial charge is 0.296 e. The molecule has 2 aliphatic rings. The van der Waals surface area contributed by atoms with Crippen molar-refractivity contribution in [2.75, 3.05) is 31.1 Å². The molecule has 188 valence electrons. The predicted molar refractivity (Wildman–Crippen MR) is 136 cm³/mol. The summed E-state index contributed by atoms with van der Waals surface area (Å²) in [5.74, 6) is -1.59. The number of hydrogen-bond donors (Lipinski definition) is 1. The lowest BCUT2D eigenvalue weighted by molar-refractivity contribution is 0.246. The molecular weight excluding hydrogens is 476 g/mol. The number of hydrogen-bond acceptors (Lipinski definition) is 6. The second-order valence-electron chi connectivity index (χ2n) is 9.98. The molecule has 6 rings (SSSR count). The van der Waals surface area contributed by atoms with Gasteiger partial charge in [-0.1, -0.05) is 0 Å². The van der Waals surface area contributed by atoms with Crippen molar-refractivity contribution in [1.29, 1.82) is 5.26 Å². The van der Waals surface area contributed by atoms with Crippen molar-refractivity contribution in [1.82, 2.24) is 24.6 Å². The Hall–Kier alpha value is -4.10. The first-order chi connectivity index (χ1) is 17.9. The van der Waals surface area contributed by atoms with E-state index in [4.69, 9.17) is 5.26 Å². The van der Waals surface area contributed by atoms with E-state index >= 15 is 4.39 Å². The fourth-order valence-corrected chi connectivity index (χ4v) is 5.57. The number of nitrogens with zero attached hydrogens (tertiary/aromatic N) is 6. The van der Waals surface area contributed by atoms with Crippen LogP contribution in [-0.2, 0) is 7.05 Å². The minimum atomic E-state index is -0.940. The largest absolute Gasteiger partial charge is 0.354 e. The first-order valence-corrected chi connectivity index (χ1v) is 12.3. The van der Waals surface area contributed by atoms with Crippen LogP contribution in [-0.4, -0.2) is 45.5 Å². The van der Waals surface area contributed by atoms with Gasteiger partial charge in [0.05, 0.1) is 16.8 Å². The highest BCUT2D eigenvalue weighted by molar-refractivity contribution is 5.81. The monoisotopic (exact) mass is 501 g/mol. The summed E-state index contributed by atoms with van der Waals surface area (Å²) in [6.07, 6.45) is 4.64. The number of aryl methyl sites for hydroxylation is 1. The molecule has 2 aromatic carbocycles. The number of aromatic nitrogens is 4. The highest BCUT2D eigenvalue weighted by atomic mass is 19.1. The number of rotatable bonds is 3. The van der Waals surface area contributed by atoms with Gasteiger partial charge in [0.2, 0.25) is 5.82 Å². The molecule has 2 saturated heterocycles. The van der Waals surface area contributed by atoms with Crippen molar-refractivity contribution in [2.45, 2.75) is 19.3 Å². The maximum absolute atomic E-state index is 15.7. The van der Waals surface area contributed by atoms with Crippen molar-refractivity contribution >= 4 is 16.7 Å². The Morgan fingerprint density at radius 2 is 1.92 bits per heavy atom. The van der Waals surface area contributed by atoms with Crippen LogP contribution >= 0.6 is 0 Å². The average Bonchev–Trinajstić information content (AvgIpc) is 3.51. The maximum Gasteiger partial charge on any atom is 0.296 e. The highest BCUT2D eigenvalue weighted by Gasteiger charge is 2.38. The van der Waals surface area contributed by atoms with E-state index in [1.165, 1.54) is 16.7 Å². The number of piperidine rings is 1. The molecule has 4 aromatic rings. The van der Waals surface area contributed by atoms with Crippen molar-refractivity contribution in [2.24, 2.45) is 12.5 Å². The molecule has 0 aliphatic carbocycles. The van der Waals surface area contributed by atoms with Crippen LogP contribution in [0, 0.1) is 28.4 Å². The Balaban J connectivity index is 1.51. The zero-order valence-corrected chi connectivity index (χ0v) is 20.3. The molecule has 0 atom stereocenters. The van der Waals surface area contributed by atoms with Gasteiger partial charge in [0, 0.05) is 43.8 Å². The molecule has 2 fully saturated rings. The normalized spacial score (nSPS) is 17.0. The van der Waals surface area contributed by atoms with Gasteiger partial charge in [0.15, 0.2) is 5.82 Å². The van der Waals surface area contributed by atoms with E-state index in [-0.39, 0.29) is 28.2 Å². The van der Waals surface area contributed by atoms with E-state index in [0.717, 1.165) is 49.3 Å². The van der Waals surface area contributed by atoms with Crippen LogP contribution in [0.25, 0.3) is 28.0 Å². The second-order valence-corrected chi connectivity index (χ2v) is 9.98. The minimum absolute atomic E-state index is 0.0238. The number of anilines is 1. The Bertz CT molecular complexity index is 1620. The number of nitriles is 1. The Morgan fingerprint density at radius 3 is 2.62 bits per heavy atom. The molecule has 4 heterocycles. The second kappa shape index (κ2) is 8.78. The first-order valence-electron chi connectivity index (χ1n) is 12.3. The molecule has 0 radical (unpaired) electrons. The fraction of sp³-hybridized carbons (Fsp3) is 0.333. The lowest BCUT2D eigenvalue weighted by Gasteiger charge is -2.39. The van der Waals surface area contributed by atoms with Crippen LogP contribution in [0.1, 0.15) is 24.8 Å². The Labute approximate surface area is 211 Å². The van der Waals surface area contributed by atoms with E-state index in [1.54, 1.807) is 42.2 Å². The molecule has 10 heteroatoms. The summed E-state index contributed by atoms with van der Waals surface area (Å²) in [5, 5.41) is 17.7. The number of benzene rings is 2. The van der Waals surface area contributed by atoms with Crippen molar-refractivity contribution < 1.29 is 8.78 Å². The third kappa shape index (κ3) is 3.96. The standard InChI is InChI=1S/C27H25F2N7O/c1-34-15-19-12-20(4-5-22(19)33-34)36-24(17-2-3-18(14-30)21(28)13-17)32-25(23(29)26(36)37)35-10-7-27(8-11-35)6-9-31-16-27/h2-5,12-13,15,31H,6-11,16H2,1H3. The molecule has 0 amide bonds. The molecule has 0 saturated carbocycles. The fourth-order valence-electron chi connectivity index (χ4n) is 5.57. The van der Waals surface area contributed by atoms with E-state index in [2.05, 4.69) is 15.4 Å². The van der Waals surface area contributed by atoms with Crippen LogP contribution in [0.15, 0.2) is 47.4 Å². The van der Waals surface area contributed by atoms with Gasteiger partial charge in [-0.3, -0.25) is 14.0 Å². The molecule has 0 unspecified atom stereocenters. The predicted octanol–water partition coefficient (Wildman–Crippen LogP) is 3.52. The molecule has 8 nitrogen and oxygen atoms in total. The van der Waals surface area contributed by atoms with Crippen LogP contribution in [0.5, 0.6) is 0 Å². The lowest BCUT2D eigenvalue weighted by atomic mass is 9.78. The molecule has 1 spiro atoms. The molecule has 0 bridgehead atoms. The van der Waals surface area contributed by atoms with Gasteiger partial charge in [-0.05, 0) is 67.6 Å². The first kappa shape index (κ1) is 23.3. The van der Waals surface area contributed by atoms with Crippen LogP contribution in [0.3, 0.4) is 0 Å². The van der Waals surface area contributed by atoms with Gasteiger partial charge < -0.3 is 10.2 Å². The number of fused-ring (bicyclic) bond motifs is 1. The van der Waals surface area contributed by atoms with Gasteiger partial charge in [-0.15, -0.1) is 0 Å². The van der Waals surface area contributed by atoms with Crippen LogP contribution in [0.2, 0.25) is 0 Å². The summed E-state index contributed by atoms with van der Waals surface area (Å²) >= 11 is 0. The Morgan fingerprint density at radius 1 is 1.11 bits per heavy atom. The zero-order valence-electron chi connectivity index (χ0n) is 20.3. The summed E-state index contributed by atoms with van der Waals surface area (Å²) in [5.41, 5.74) is 0.602. The quantitative estimate of drug-likeness (QED) is 0.462. The molecule has 37 heavy (non-hydrogen) atoms. The summed E-state index contributed by atoms with van der Waals surface area (Å²) < 4.78 is 33.2. The number of halogens is 2. The average molecular weight is 502 g/mol. The van der Waals surface area contributed by atoms with E-state index in [0.29, 0.717) is 18.8 Å². The van der Waals surface area contributed by atoms with Crippen molar-refractivity contribution in [3.63, 3.8) is 0 Å². The van der Waals surface area contributed by atoms with Crippen molar-refractivity contribution in [3.8, 4) is 23.1 Å². The third-order valence-corrected chi connectivity index (χ3v) is 7.67. The topological polar surface area (TPSA) is 91.8 Å². The molecular formula is C27H25F2N7O. The van der Waals surface area contributed by atoms with E-state index in [9.17, 15) is 9.18 Å². The zero-order chi connectivity index (χ0) is 25.7. The van der Waals surface area contributed by atoms with Gasteiger partial charge in [-0.2, -0.15) is 14.8 Å². The third-order valence-electron chi connectivity index (χ3n) is 7.67. The SMILES string of the molecule is Cn1cc2cc(-n3c(-c4ccc(C#N)c(F)c4)nc(N4CCC5(CCNC5)CC4)c(F)c3=O)ccc2n1. The van der Waals surface area contributed by atoms with Crippen molar-refractivity contribution in [3.05, 3.63) is 70.1 Å². The summed E-state index contributed by atoms with van der Waals surface area (Å²) in [6.45, 7) is 3.10. The summed E-state index contributed by atoms with van der Waals surface area (Å²) in [7, 11) is 1.79. The highest BCUT2D eigenvalue weighted by Crippen LogP contribution is 2.38. The van der Waals surface area contributed by atoms with Crippen LogP contribution in [0.4, 0.5) is 14.6 Å². The summed E-state index contributed by atoms with van der Waals surface area (Å²) in [6, 6.07) is 11.0. The lowest BCUT2D eigenvalue weighted by Crippen LogP contribution is -2.43. The van der Waals surface area contributed by atoms with Gasteiger partial charge >= 0.3 is 0 Å². The Kier molecular flexibility index (Phi) is 5.53. The number of nitrogens with one attached hydrogen (secondary N) is 1. The molecule has 2 aliphatic heterocycles. The minimum Gasteiger partial charge on any atom is -0.354 e. The van der Waals surface area contributed by atoms with Gasteiger partial charge in [0.25, 0.3) is 5.56 Å². The van der Waals surface area contributed by atoms with Gasteiger partial charge in [-0.25, -0.2) is 9.37 Å². The van der Waals surface area contributed by atoms with E-state index < -0.39 is 17.2 Å².